The number of rotatable bonds is 3. The highest BCUT2D eigenvalue weighted by atomic mass is 35.5. The van der Waals surface area contributed by atoms with Crippen LogP contribution in [0.1, 0.15) is 38.5 Å². The van der Waals surface area contributed by atoms with E-state index in [1.165, 1.54) is 58.2 Å². The highest BCUT2D eigenvalue weighted by molar-refractivity contribution is 6.18. The van der Waals surface area contributed by atoms with Gasteiger partial charge in [0.2, 0.25) is 0 Å². The van der Waals surface area contributed by atoms with Crippen LogP contribution in [0, 0.1) is 11.8 Å². The van der Waals surface area contributed by atoms with Crippen LogP contribution in [0.4, 0.5) is 0 Å². The second-order valence-electron chi connectivity index (χ2n) is 5.05. The third kappa shape index (κ3) is 2.87. The molecule has 1 aliphatic heterocycles. The molecule has 0 aromatic heterocycles. The first-order valence-corrected chi connectivity index (χ1v) is 6.70. The van der Waals surface area contributed by atoms with Crippen LogP contribution in [0.2, 0.25) is 0 Å². The van der Waals surface area contributed by atoms with Crippen LogP contribution in [-0.4, -0.2) is 30.4 Å². The Bertz CT molecular complexity index is 158. The molecule has 0 unspecified atom stereocenters. The molecular formula is C12H22ClN. The topological polar surface area (TPSA) is 3.24 Å². The lowest BCUT2D eigenvalue weighted by atomic mass is 9.97. The fourth-order valence-corrected chi connectivity index (χ4v) is 3.19. The summed E-state index contributed by atoms with van der Waals surface area (Å²) in [6.45, 7) is 3.97. The van der Waals surface area contributed by atoms with Crippen molar-refractivity contribution in [2.45, 2.75) is 38.5 Å². The number of piperidine rings is 1. The quantitative estimate of drug-likeness (QED) is 0.654. The van der Waals surface area contributed by atoms with Gasteiger partial charge in [0.05, 0.1) is 0 Å². The third-order valence-electron chi connectivity index (χ3n) is 3.92. The predicted molar refractivity (Wildman–Crippen MR) is 61.8 cm³/mol. The lowest BCUT2D eigenvalue weighted by molar-refractivity contribution is 0.169. The van der Waals surface area contributed by atoms with Crippen molar-refractivity contribution in [1.82, 2.24) is 4.90 Å². The minimum atomic E-state index is 0.802. The van der Waals surface area contributed by atoms with Gasteiger partial charge in [-0.3, -0.25) is 0 Å². The maximum atomic E-state index is 5.88. The maximum Gasteiger partial charge on any atom is 0.0252 e. The Balaban J connectivity index is 1.67. The van der Waals surface area contributed by atoms with E-state index in [0.29, 0.717) is 0 Å². The van der Waals surface area contributed by atoms with Gasteiger partial charge in [-0.15, -0.1) is 11.6 Å². The zero-order valence-corrected chi connectivity index (χ0v) is 9.81. The van der Waals surface area contributed by atoms with E-state index in [-0.39, 0.29) is 0 Å². The van der Waals surface area contributed by atoms with Crippen molar-refractivity contribution in [1.29, 1.82) is 0 Å². The summed E-state index contributed by atoms with van der Waals surface area (Å²) in [6, 6.07) is 0. The SMILES string of the molecule is ClCC1CCN(CC2CCCC2)CC1. The van der Waals surface area contributed by atoms with Crippen LogP contribution in [-0.2, 0) is 0 Å². The van der Waals surface area contributed by atoms with E-state index in [1.54, 1.807) is 0 Å². The summed E-state index contributed by atoms with van der Waals surface area (Å²) in [5.41, 5.74) is 0. The van der Waals surface area contributed by atoms with E-state index >= 15 is 0 Å². The minimum Gasteiger partial charge on any atom is -0.303 e. The van der Waals surface area contributed by atoms with Gasteiger partial charge in [-0.2, -0.15) is 0 Å². The molecule has 2 aliphatic rings. The number of alkyl halides is 1. The summed E-state index contributed by atoms with van der Waals surface area (Å²) in [5, 5.41) is 0. The molecule has 0 spiro atoms. The summed E-state index contributed by atoms with van der Waals surface area (Å²) in [6.07, 6.45) is 8.57. The summed E-state index contributed by atoms with van der Waals surface area (Å²) in [7, 11) is 0. The smallest absolute Gasteiger partial charge is 0.0252 e. The molecule has 0 bridgehead atoms. The molecule has 1 saturated carbocycles. The summed E-state index contributed by atoms with van der Waals surface area (Å²) in [5.74, 6) is 2.69. The number of hydrogen-bond acceptors (Lipinski definition) is 1. The molecule has 82 valence electrons. The predicted octanol–water partition coefficient (Wildman–Crippen LogP) is 3.13. The summed E-state index contributed by atoms with van der Waals surface area (Å²) in [4.78, 5) is 2.67. The van der Waals surface area contributed by atoms with E-state index in [0.717, 1.165) is 17.7 Å². The molecule has 14 heavy (non-hydrogen) atoms. The monoisotopic (exact) mass is 215 g/mol. The summed E-state index contributed by atoms with van der Waals surface area (Å²) < 4.78 is 0. The number of likely N-dealkylation sites (tertiary alicyclic amines) is 1. The highest BCUT2D eigenvalue weighted by Gasteiger charge is 2.22. The van der Waals surface area contributed by atoms with E-state index in [9.17, 15) is 0 Å². The molecule has 1 aliphatic carbocycles. The molecule has 0 N–H and O–H groups in total. The molecule has 1 nitrogen and oxygen atoms in total. The molecule has 0 aromatic rings. The normalized spacial score (nSPS) is 27.2. The van der Waals surface area contributed by atoms with E-state index in [2.05, 4.69) is 4.90 Å². The van der Waals surface area contributed by atoms with Crippen molar-refractivity contribution < 1.29 is 0 Å². The molecule has 0 amide bonds. The van der Waals surface area contributed by atoms with E-state index in [1.807, 2.05) is 0 Å². The van der Waals surface area contributed by atoms with Crippen molar-refractivity contribution in [3.05, 3.63) is 0 Å². The Morgan fingerprint density at radius 1 is 0.929 bits per heavy atom. The molecule has 1 heterocycles. The zero-order chi connectivity index (χ0) is 9.80. The van der Waals surface area contributed by atoms with E-state index < -0.39 is 0 Å². The Hall–Kier alpha value is 0.250. The maximum absolute atomic E-state index is 5.88. The van der Waals surface area contributed by atoms with Crippen LogP contribution in [0.3, 0.4) is 0 Å². The van der Waals surface area contributed by atoms with Crippen LogP contribution >= 0.6 is 11.6 Å². The second-order valence-corrected chi connectivity index (χ2v) is 5.36. The van der Waals surface area contributed by atoms with Crippen molar-refractivity contribution in [3.63, 3.8) is 0 Å². The van der Waals surface area contributed by atoms with Crippen LogP contribution in [0.25, 0.3) is 0 Å². The van der Waals surface area contributed by atoms with Gasteiger partial charge < -0.3 is 4.90 Å². The van der Waals surface area contributed by atoms with Crippen LogP contribution in [0.5, 0.6) is 0 Å². The Labute approximate surface area is 92.8 Å². The van der Waals surface area contributed by atoms with Gasteiger partial charge in [0.15, 0.2) is 0 Å². The third-order valence-corrected chi connectivity index (χ3v) is 4.35. The minimum absolute atomic E-state index is 0.802. The average molecular weight is 216 g/mol. The fraction of sp³-hybridized carbons (Fsp3) is 1.00. The van der Waals surface area contributed by atoms with Gasteiger partial charge in [-0.25, -0.2) is 0 Å². The molecule has 0 atom stereocenters. The first kappa shape index (κ1) is 10.8. The molecule has 2 fully saturated rings. The lowest BCUT2D eigenvalue weighted by Gasteiger charge is -2.32. The van der Waals surface area contributed by atoms with Gasteiger partial charge in [-0.05, 0) is 50.6 Å². The van der Waals surface area contributed by atoms with Gasteiger partial charge in [0.1, 0.15) is 0 Å². The highest BCUT2D eigenvalue weighted by Crippen LogP contribution is 2.27. The molecule has 2 rings (SSSR count). The van der Waals surface area contributed by atoms with Gasteiger partial charge in [-0.1, -0.05) is 12.8 Å². The van der Waals surface area contributed by atoms with Crippen molar-refractivity contribution in [3.8, 4) is 0 Å². The molecule has 2 heteroatoms. The Morgan fingerprint density at radius 2 is 1.57 bits per heavy atom. The van der Waals surface area contributed by atoms with Crippen molar-refractivity contribution >= 4 is 11.6 Å². The lowest BCUT2D eigenvalue weighted by Crippen LogP contribution is -2.37. The first-order chi connectivity index (χ1) is 6.88. The molecule has 1 saturated heterocycles. The number of halogens is 1. The fourth-order valence-electron chi connectivity index (χ4n) is 2.88. The summed E-state index contributed by atoms with van der Waals surface area (Å²) >= 11 is 5.88. The zero-order valence-electron chi connectivity index (χ0n) is 9.05. The van der Waals surface area contributed by atoms with Crippen molar-refractivity contribution in [2.24, 2.45) is 11.8 Å². The number of nitrogens with zero attached hydrogens (tertiary/aromatic N) is 1. The average Bonchev–Trinajstić information content (AvgIpc) is 2.72. The Kier molecular flexibility index (Phi) is 4.12. The van der Waals surface area contributed by atoms with Gasteiger partial charge in [0, 0.05) is 12.4 Å². The molecular weight excluding hydrogens is 194 g/mol. The Morgan fingerprint density at radius 3 is 2.14 bits per heavy atom. The second kappa shape index (κ2) is 5.37. The van der Waals surface area contributed by atoms with Gasteiger partial charge in [0.25, 0.3) is 0 Å². The molecule has 0 radical (unpaired) electrons. The number of hydrogen-bond donors (Lipinski definition) is 0. The largest absolute Gasteiger partial charge is 0.303 e. The van der Waals surface area contributed by atoms with E-state index in [4.69, 9.17) is 11.6 Å². The van der Waals surface area contributed by atoms with Crippen LogP contribution < -0.4 is 0 Å². The standard InChI is InChI=1S/C12H22ClN/c13-9-11-5-7-14(8-6-11)10-12-3-1-2-4-12/h11-12H,1-10H2. The van der Waals surface area contributed by atoms with Crippen LogP contribution in [0.15, 0.2) is 0 Å². The molecule has 0 aromatic carbocycles. The van der Waals surface area contributed by atoms with Gasteiger partial charge >= 0.3 is 0 Å². The first-order valence-electron chi connectivity index (χ1n) is 6.17. The van der Waals surface area contributed by atoms with Crippen molar-refractivity contribution in [2.75, 3.05) is 25.5 Å².